The van der Waals surface area contributed by atoms with Gasteiger partial charge in [0.2, 0.25) is 0 Å². The van der Waals surface area contributed by atoms with Crippen molar-refractivity contribution in [2.24, 2.45) is 34.6 Å². The number of anilines is 1. The van der Waals surface area contributed by atoms with Crippen molar-refractivity contribution >= 4 is 11.9 Å². The molecular formula is C30H50N4. The second-order valence-corrected chi connectivity index (χ2v) is 12.3. The number of pyridine rings is 1. The molecular weight excluding hydrogens is 416 g/mol. The molecule has 3 fully saturated rings. The van der Waals surface area contributed by atoms with Gasteiger partial charge in [0.15, 0.2) is 0 Å². The molecule has 4 nitrogen and oxygen atoms in total. The van der Waals surface area contributed by atoms with Gasteiger partial charge in [0.05, 0.1) is 11.9 Å². The molecule has 0 radical (unpaired) electrons. The lowest BCUT2D eigenvalue weighted by Gasteiger charge is -2.39. The third-order valence-electron chi connectivity index (χ3n) is 9.29. The fourth-order valence-electron chi connectivity index (χ4n) is 6.98. The first-order valence-electron chi connectivity index (χ1n) is 14.4. The number of rotatable bonds is 5. The van der Waals surface area contributed by atoms with Gasteiger partial charge in [-0.3, -0.25) is 9.98 Å². The van der Waals surface area contributed by atoms with Gasteiger partial charge in [0, 0.05) is 30.1 Å². The first-order valence-corrected chi connectivity index (χ1v) is 14.4. The SMILES string of the molecule is Cc1cc(C=NC2CCC(CN3CCC(C4CCC(C)CCCC(C)C4)CC3)CC2)c(N)cn1. The molecule has 3 unspecified atom stereocenters. The molecule has 4 rings (SSSR count). The number of piperidine rings is 1. The average molecular weight is 467 g/mol. The van der Waals surface area contributed by atoms with E-state index in [1.807, 2.05) is 19.2 Å². The van der Waals surface area contributed by atoms with E-state index in [2.05, 4.69) is 23.7 Å². The summed E-state index contributed by atoms with van der Waals surface area (Å²) in [5.74, 6) is 4.72. The highest BCUT2D eigenvalue weighted by atomic mass is 15.1. The molecule has 2 aliphatic carbocycles. The molecule has 190 valence electrons. The van der Waals surface area contributed by atoms with E-state index in [-0.39, 0.29) is 0 Å². The highest BCUT2D eigenvalue weighted by Crippen LogP contribution is 2.37. The van der Waals surface area contributed by atoms with Crippen LogP contribution < -0.4 is 5.73 Å². The number of hydrogen-bond donors (Lipinski definition) is 1. The predicted molar refractivity (Wildman–Crippen MR) is 145 cm³/mol. The largest absolute Gasteiger partial charge is 0.397 e. The monoisotopic (exact) mass is 466 g/mol. The lowest BCUT2D eigenvalue weighted by Crippen LogP contribution is -2.40. The highest BCUT2D eigenvalue weighted by Gasteiger charge is 2.30. The minimum Gasteiger partial charge on any atom is -0.397 e. The van der Waals surface area contributed by atoms with Gasteiger partial charge in [0.25, 0.3) is 0 Å². The molecule has 0 spiro atoms. The molecule has 3 aliphatic rings. The summed E-state index contributed by atoms with van der Waals surface area (Å²) in [7, 11) is 0. The van der Waals surface area contributed by atoms with Gasteiger partial charge in [-0.05, 0) is 107 Å². The van der Waals surface area contributed by atoms with Crippen LogP contribution in [0.1, 0.15) is 102 Å². The van der Waals surface area contributed by atoms with Gasteiger partial charge >= 0.3 is 0 Å². The third kappa shape index (κ3) is 7.54. The van der Waals surface area contributed by atoms with Gasteiger partial charge in [-0.25, -0.2) is 0 Å². The maximum Gasteiger partial charge on any atom is 0.0589 e. The normalized spacial score (nSPS) is 32.9. The van der Waals surface area contributed by atoms with Crippen molar-refractivity contribution in [2.45, 2.75) is 104 Å². The van der Waals surface area contributed by atoms with Crippen LogP contribution in [-0.4, -0.2) is 41.8 Å². The lowest BCUT2D eigenvalue weighted by molar-refractivity contribution is 0.106. The minimum absolute atomic E-state index is 0.461. The Morgan fingerprint density at radius 1 is 0.941 bits per heavy atom. The van der Waals surface area contributed by atoms with Gasteiger partial charge in [0.1, 0.15) is 0 Å². The molecule has 2 saturated carbocycles. The molecule has 2 N–H and O–H groups in total. The van der Waals surface area contributed by atoms with E-state index >= 15 is 0 Å². The van der Waals surface area contributed by atoms with E-state index < -0.39 is 0 Å². The summed E-state index contributed by atoms with van der Waals surface area (Å²) in [6, 6.07) is 2.50. The van der Waals surface area contributed by atoms with Crippen LogP contribution in [0.25, 0.3) is 0 Å². The second-order valence-electron chi connectivity index (χ2n) is 12.3. The van der Waals surface area contributed by atoms with Crippen molar-refractivity contribution in [3.05, 3.63) is 23.5 Å². The van der Waals surface area contributed by atoms with E-state index in [4.69, 9.17) is 10.7 Å². The molecule has 3 atom stereocenters. The quantitative estimate of drug-likeness (QED) is 0.480. The number of aromatic nitrogens is 1. The van der Waals surface area contributed by atoms with Crippen molar-refractivity contribution < 1.29 is 0 Å². The molecule has 0 amide bonds. The third-order valence-corrected chi connectivity index (χ3v) is 9.29. The zero-order chi connectivity index (χ0) is 23.9. The van der Waals surface area contributed by atoms with Gasteiger partial charge in [-0.15, -0.1) is 0 Å². The Balaban J connectivity index is 1.18. The number of aliphatic imine (C=N–C) groups is 1. The van der Waals surface area contributed by atoms with Gasteiger partial charge in [-0.1, -0.05) is 39.5 Å². The molecule has 1 aromatic rings. The number of nitrogen functional groups attached to an aromatic ring is 1. The number of hydrogen-bond acceptors (Lipinski definition) is 4. The van der Waals surface area contributed by atoms with Crippen molar-refractivity contribution in [3.63, 3.8) is 0 Å². The Kier molecular flexibility index (Phi) is 9.45. The van der Waals surface area contributed by atoms with E-state index in [0.717, 1.165) is 46.5 Å². The van der Waals surface area contributed by atoms with Crippen molar-refractivity contribution in [3.8, 4) is 0 Å². The summed E-state index contributed by atoms with van der Waals surface area (Å²) in [6.45, 7) is 11.0. The van der Waals surface area contributed by atoms with Crippen LogP contribution >= 0.6 is 0 Å². The van der Waals surface area contributed by atoms with Gasteiger partial charge < -0.3 is 10.6 Å². The summed E-state index contributed by atoms with van der Waals surface area (Å²) in [5, 5.41) is 0. The fraction of sp³-hybridized carbons (Fsp3) is 0.800. The van der Waals surface area contributed by atoms with Crippen LogP contribution in [0.2, 0.25) is 0 Å². The van der Waals surface area contributed by atoms with Crippen LogP contribution in [0.4, 0.5) is 5.69 Å². The van der Waals surface area contributed by atoms with Gasteiger partial charge in [-0.2, -0.15) is 0 Å². The van der Waals surface area contributed by atoms with Crippen LogP contribution in [0.3, 0.4) is 0 Å². The number of likely N-dealkylation sites (tertiary alicyclic amines) is 1. The summed E-state index contributed by atoms with van der Waals surface area (Å²) < 4.78 is 0. The predicted octanol–water partition coefficient (Wildman–Crippen LogP) is 6.90. The van der Waals surface area contributed by atoms with Crippen LogP contribution in [0.15, 0.2) is 17.3 Å². The molecule has 2 heterocycles. The Hall–Kier alpha value is -1.42. The molecule has 0 bridgehead atoms. The second kappa shape index (κ2) is 12.5. The van der Waals surface area contributed by atoms with Crippen molar-refractivity contribution in [1.82, 2.24) is 9.88 Å². The van der Waals surface area contributed by atoms with Crippen molar-refractivity contribution in [2.75, 3.05) is 25.4 Å². The number of aryl methyl sites for hydroxylation is 1. The zero-order valence-corrected chi connectivity index (χ0v) is 22.2. The lowest BCUT2D eigenvalue weighted by atomic mass is 9.76. The molecule has 1 aromatic heterocycles. The Morgan fingerprint density at radius 3 is 2.44 bits per heavy atom. The Bertz CT molecular complexity index is 774. The zero-order valence-electron chi connectivity index (χ0n) is 22.2. The molecule has 4 heteroatoms. The van der Waals surface area contributed by atoms with E-state index in [9.17, 15) is 0 Å². The highest BCUT2D eigenvalue weighted by molar-refractivity contribution is 5.86. The molecule has 34 heavy (non-hydrogen) atoms. The smallest absolute Gasteiger partial charge is 0.0589 e. The van der Waals surface area contributed by atoms with E-state index in [0.29, 0.717) is 6.04 Å². The number of nitrogens with zero attached hydrogens (tertiary/aromatic N) is 3. The molecule has 1 aliphatic heterocycles. The summed E-state index contributed by atoms with van der Waals surface area (Å²) >= 11 is 0. The number of nitrogens with two attached hydrogens (primary N) is 1. The summed E-state index contributed by atoms with van der Waals surface area (Å²) in [4.78, 5) is 11.9. The standard InChI is InChI=1S/C30H50N4/c1-22-5-4-6-23(2)17-27(10-7-22)26-13-15-34(16-14-26)21-25-8-11-29(12-9-25)33-19-28-18-24(3)32-20-30(28)31/h18-20,22-23,25-27,29H,4-17,21,31H2,1-3H3. The fourth-order valence-corrected chi connectivity index (χ4v) is 6.98. The first kappa shape index (κ1) is 25.7. The topological polar surface area (TPSA) is 54.5 Å². The summed E-state index contributed by atoms with van der Waals surface area (Å²) in [6.07, 6.45) is 20.5. The minimum atomic E-state index is 0.461. The average Bonchev–Trinajstić information content (AvgIpc) is 2.91. The Morgan fingerprint density at radius 2 is 1.68 bits per heavy atom. The first-order chi connectivity index (χ1) is 16.5. The molecule has 0 aromatic carbocycles. The maximum atomic E-state index is 6.06. The Labute approximate surface area is 209 Å². The molecule has 1 saturated heterocycles. The van der Waals surface area contributed by atoms with E-state index in [1.54, 1.807) is 6.20 Å². The van der Waals surface area contributed by atoms with Crippen molar-refractivity contribution in [1.29, 1.82) is 0 Å². The maximum absolute atomic E-state index is 6.06. The van der Waals surface area contributed by atoms with Crippen LogP contribution in [0, 0.1) is 36.5 Å². The summed E-state index contributed by atoms with van der Waals surface area (Å²) in [5.41, 5.74) is 8.80. The van der Waals surface area contributed by atoms with Crippen LogP contribution in [-0.2, 0) is 0 Å². The van der Waals surface area contributed by atoms with Crippen LogP contribution in [0.5, 0.6) is 0 Å². The van der Waals surface area contributed by atoms with E-state index in [1.165, 1.54) is 96.7 Å².